The van der Waals surface area contributed by atoms with Gasteiger partial charge in [-0.3, -0.25) is 15.1 Å². The van der Waals surface area contributed by atoms with Gasteiger partial charge in [0.05, 0.1) is 4.92 Å². The minimum absolute atomic E-state index is 0.0824. The summed E-state index contributed by atoms with van der Waals surface area (Å²) in [4.78, 5) is 23.7. The van der Waals surface area contributed by atoms with Gasteiger partial charge >= 0.3 is 5.97 Å². The molecule has 0 fully saturated rings. The van der Waals surface area contributed by atoms with E-state index in [9.17, 15) is 14.9 Å². The maximum absolute atomic E-state index is 10.3. The van der Waals surface area contributed by atoms with Gasteiger partial charge in [-0.2, -0.15) is 0 Å². The third-order valence-electron chi connectivity index (χ3n) is 1.61. The summed E-state index contributed by atoms with van der Waals surface area (Å²) < 4.78 is 0. The number of hydrogen-bond donors (Lipinski definition) is 1. The largest absolute Gasteiger partial charge is 0.478 e. The van der Waals surface area contributed by atoms with Crippen LogP contribution in [0.1, 0.15) is 5.69 Å². The van der Waals surface area contributed by atoms with Crippen molar-refractivity contribution in [1.29, 1.82) is 0 Å². The first-order valence-corrected chi connectivity index (χ1v) is 4.08. The van der Waals surface area contributed by atoms with E-state index in [2.05, 4.69) is 4.98 Å². The Bertz CT molecular complexity index is 397. The van der Waals surface area contributed by atoms with Crippen molar-refractivity contribution in [2.45, 2.75) is 6.42 Å². The maximum atomic E-state index is 10.3. The van der Waals surface area contributed by atoms with Crippen LogP contribution < -0.4 is 0 Å². The van der Waals surface area contributed by atoms with Crippen molar-refractivity contribution in [3.8, 4) is 0 Å². The zero-order valence-electron chi connectivity index (χ0n) is 7.66. The van der Waals surface area contributed by atoms with Crippen LogP contribution in [-0.4, -0.2) is 21.0 Å². The van der Waals surface area contributed by atoms with E-state index in [0.29, 0.717) is 12.1 Å². The smallest absolute Gasteiger partial charge is 0.327 e. The molecular formula is C9H8N2O4. The summed E-state index contributed by atoms with van der Waals surface area (Å²) in [6, 6.07) is 2.82. The molecule has 0 aliphatic carbocycles. The molecule has 0 saturated carbocycles. The number of hydrogen-bond acceptors (Lipinski definition) is 4. The Morgan fingerprint density at radius 1 is 1.60 bits per heavy atom. The lowest BCUT2D eigenvalue weighted by Crippen LogP contribution is -1.93. The molecule has 78 valence electrons. The maximum Gasteiger partial charge on any atom is 0.327 e. The first kappa shape index (κ1) is 10.8. The highest BCUT2D eigenvalue weighted by Crippen LogP contribution is 2.09. The van der Waals surface area contributed by atoms with E-state index in [0.717, 1.165) is 12.3 Å². The second kappa shape index (κ2) is 4.85. The van der Waals surface area contributed by atoms with Gasteiger partial charge in [-0.25, -0.2) is 4.79 Å². The van der Waals surface area contributed by atoms with Gasteiger partial charge < -0.3 is 5.11 Å². The lowest BCUT2D eigenvalue weighted by atomic mass is 10.2. The van der Waals surface area contributed by atoms with E-state index < -0.39 is 10.9 Å². The minimum Gasteiger partial charge on any atom is -0.478 e. The summed E-state index contributed by atoms with van der Waals surface area (Å²) in [5.74, 6) is -1.03. The second-order valence-corrected chi connectivity index (χ2v) is 2.71. The fourth-order valence-corrected chi connectivity index (χ4v) is 0.926. The highest BCUT2D eigenvalue weighted by Gasteiger charge is 2.03. The predicted molar refractivity (Wildman–Crippen MR) is 51.4 cm³/mol. The third kappa shape index (κ3) is 3.55. The summed E-state index contributed by atoms with van der Waals surface area (Å²) in [5, 5.41) is 18.6. The van der Waals surface area contributed by atoms with Crippen LogP contribution in [0.5, 0.6) is 0 Å². The van der Waals surface area contributed by atoms with Gasteiger partial charge in [-0.1, -0.05) is 6.08 Å². The lowest BCUT2D eigenvalue weighted by molar-refractivity contribution is -0.385. The number of nitro groups is 1. The number of carbonyl (C=O) groups is 1. The van der Waals surface area contributed by atoms with Crippen molar-refractivity contribution in [3.63, 3.8) is 0 Å². The SMILES string of the molecule is O=C(O)/C=C\Cc1ccc([N+](=O)[O-])cn1. The fourth-order valence-electron chi connectivity index (χ4n) is 0.926. The highest BCUT2D eigenvalue weighted by atomic mass is 16.6. The van der Waals surface area contributed by atoms with Gasteiger partial charge in [0.1, 0.15) is 6.20 Å². The molecule has 0 saturated heterocycles. The molecule has 6 nitrogen and oxygen atoms in total. The molecule has 0 unspecified atom stereocenters. The van der Waals surface area contributed by atoms with Crippen LogP contribution in [0, 0.1) is 10.1 Å². The van der Waals surface area contributed by atoms with E-state index in [1.54, 1.807) is 0 Å². The van der Waals surface area contributed by atoms with E-state index in [4.69, 9.17) is 5.11 Å². The Labute approximate surface area is 85.0 Å². The number of carboxylic acids is 1. The van der Waals surface area contributed by atoms with Gasteiger partial charge in [0.15, 0.2) is 0 Å². The van der Waals surface area contributed by atoms with Crippen LogP contribution >= 0.6 is 0 Å². The third-order valence-corrected chi connectivity index (χ3v) is 1.61. The molecule has 1 aromatic heterocycles. The molecule has 0 radical (unpaired) electrons. The number of pyridine rings is 1. The first-order valence-electron chi connectivity index (χ1n) is 4.08. The molecule has 0 aliphatic heterocycles. The summed E-state index contributed by atoms with van der Waals surface area (Å²) in [7, 11) is 0. The number of aromatic nitrogens is 1. The van der Waals surface area contributed by atoms with E-state index in [-0.39, 0.29) is 5.69 Å². The van der Waals surface area contributed by atoms with Crippen LogP contribution in [0.15, 0.2) is 30.5 Å². The van der Waals surface area contributed by atoms with E-state index >= 15 is 0 Å². The highest BCUT2D eigenvalue weighted by molar-refractivity contribution is 5.79. The van der Waals surface area contributed by atoms with Crippen LogP contribution in [0.25, 0.3) is 0 Å². The number of aliphatic carboxylic acids is 1. The molecule has 0 aromatic carbocycles. The summed E-state index contributed by atoms with van der Waals surface area (Å²) in [6.07, 6.45) is 3.91. The summed E-state index contributed by atoms with van der Waals surface area (Å²) in [5.41, 5.74) is 0.499. The van der Waals surface area contributed by atoms with E-state index in [1.165, 1.54) is 18.2 Å². The average molecular weight is 208 g/mol. The molecule has 1 aromatic rings. The Balaban J connectivity index is 2.65. The van der Waals surface area contributed by atoms with Crippen molar-refractivity contribution in [2.24, 2.45) is 0 Å². The molecule has 1 rings (SSSR count). The molecule has 0 atom stereocenters. The first-order chi connectivity index (χ1) is 7.09. The molecule has 0 bridgehead atoms. The molecule has 0 amide bonds. The molecule has 0 spiro atoms. The molecule has 1 heterocycles. The van der Waals surface area contributed by atoms with Crippen molar-refractivity contribution in [2.75, 3.05) is 0 Å². The van der Waals surface area contributed by atoms with Crippen LogP contribution in [0.2, 0.25) is 0 Å². The number of rotatable bonds is 4. The fraction of sp³-hybridized carbons (Fsp3) is 0.111. The Hall–Kier alpha value is -2.24. The minimum atomic E-state index is -1.03. The molecule has 15 heavy (non-hydrogen) atoms. The lowest BCUT2D eigenvalue weighted by Gasteiger charge is -1.94. The van der Waals surface area contributed by atoms with Gasteiger partial charge in [0, 0.05) is 24.3 Å². The quantitative estimate of drug-likeness (QED) is 0.455. The molecule has 0 aliphatic rings. The Morgan fingerprint density at radius 2 is 2.33 bits per heavy atom. The molecule has 1 N–H and O–H groups in total. The van der Waals surface area contributed by atoms with E-state index in [1.807, 2.05) is 0 Å². The summed E-state index contributed by atoms with van der Waals surface area (Å²) >= 11 is 0. The topological polar surface area (TPSA) is 93.3 Å². The zero-order valence-corrected chi connectivity index (χ0v) is 7.66. The van der Waals surface area contributed by atoms with Crippen LogP contribution in [0.4, 0.5) is 5.69 Å². The summed E-state index contributed by atoms with van der Waals surface area (Å²) in [6.45, 7) is 0. The van der Waals surface area contributed by atoms with Gasteiger partial charge in [-0.05, 0) is 6.07 Å². The normalized spacial score (nSPS) is 10.4. The molecule has 6 heteroatoms. The average Bonchev–Trinajstić information content (AvgIpc) is 2.18. The number of nitrogens with zero attached hydrogens (tertiary/aromatic N) is 2. The van der Waals surface area contributed by atoms with Crippen molar-refractivity contribution >= 4 is 11.7 Å². The van der Waals surface area contributed by atoms with Gasteiger partial charge in [-0.15, -0.1) is 0 Å². The van der Waals surface area contributed by atoms with Crippen molar-refractivity contribution in [1.82, 2.24) is 4.98 Å². The van der Waals surface area contributed by atoms with Crippen LogP contribution in [0.3, 0.4) is 0 Å². The Kier molecular flexibility index (Phi) is 3.50. The molecular weight excluding hydrogens is 200 g/mol. The van der Waals surface area contributed by atoms with Gasteiger partial charge in [0.2, 0.25) is 0 Å². The zero-order chi connectivity index (χ0) is 11.3. The van der Waals surface area contributed by atoms with Crippen molar-refractivity contribution in [3.05, 3.63) is 46.3 Å². The second-order valence-electron chi connectivity index (χ2n) is 2.71. The van der Waals surface area contributed by atoms with Crippen LogP contribution in [-0.2, 0) is 11.2 Å². The predicted octanol–water partition coefficient (Wildman–Crippen LogP) is 1.17. The number of carboxylic acid groups (broad SMARTS) is 1. The Morgan fingerprint density at radius 3 is 2.80 bits per heavy atom. The van der Waals surface area contributed by atoms with Crippen molar-refractivity contribution < 1.29 is 14.8 Å². The standard InChI is InChI=1S/C9H8N2O4/c12-9(13)3-1-2-7-4-5-8(6-10-7)11(14)15/h1,3-6H,2H2,(H,12,13)/b3-1-. The van der Waals surface area contributed by atoms with Gasteiger partial charge in [0.25, 0.3) is 5.69 Å². The monoisotopic (exact) mass is 208 g/mol. The number of allylic oxidation sites excluding steroid dienone is 1.